The average Bonchev–Trinajstić information content (AvgIpc) is 2.71. The SMILES string of the molecule is CCCNC(C)c1nnnn1CCOC. The van der Waals surface area contributed by atoms with Gasteiger partial charge in [-0.05, 0) is 30.3 Å². The van der Waals surface area contributed by atoms with Crippen molar-refractivity contribution in [3.8, 4) is 0 Å². The van der Waals surface area contributed by atoms with E-state index in [2.05, 4.69) is 34.7 Å². The van der Waals surface area contributed by atoms with E-state index in [4.69, 9.17) is 4.74 Å². The monoisotopic (exact) mass is 213 g/mol. The summed E-state index contributed by atoms with van der Waals surface area (Å²) >= 11 is 0. The lowest BCUT2D eigenvalue weighted by Crippen LogP contribution is -2.23. The minimum absolute atomic E-state index is 0.178. The van der Waals surface area contributed by atoms with E-state index < -0.39 is 0 Å². The Bertz CT molecular complexity index is 275. The van der Waals surface area contributed by atoms with Crippen molar-refractivity contribution in [2.24, 2.45) is 0 Å². The number of tetrazole rings is 1. The highest BCUT2D eigenvalue weighted by Crippen LogP contribution is 2.06. The van der Waals surface area contributed by atoms with Crippen LogP contribution < -0.4 is 5.32 Å². The third-order valence-corrected chi connectivity index (χ3v) is 2.15. The van der Waals surface area contributed by atoms with Crippen LogP contribution in [-0.2, 0) is 11.3 Å². The molecule has 6 nitrogen and oxygen atoms in total. The molecule has 0 radical (unpaired) electrons. The summed E-state index contributed by atoms with van der Waals surface area (Å²) in [6.45, 7) is 6.48. The van der Waals surface area contributed by atoms with Crippen LogP contribution in [-0.4, -0.2) is 40.5 Å². The first kappa shape index (κ1) is 12.1. The van der Waals surface area contributed by atoms with Gasteiger partial charge in [0, 0.05) is 7.11 Å². The van der Waals surface area contributed by atoms with Gasteiger partial charge in [-0.2, -0.15) is 0 Å². The van der Waals surface area contributed by atoms with Crippen molar-refractivity contribution in [2.75, 3.05) is 20.3 Å². The highest BCUT2D eigenvalue weighted by Gasteiger charge is 2.12. The second-order valence-electron chi connectivity index (χ2n) is 3.43. The molecule has 0 saturated heterocycles. The maximum absolute atomic E-state index is 4.99. The lowest BCUT2D eigenvalue weighted by molar-refractivity contribution is 0.181. The molecule has 1 atom stereocenters. The number of aromatic nitrogens is 4. The standard InChI is InChI=1S/C9H19N5O/c1-4-5-10-8(2)9-11-12-13-14(9)6-7-15-3/h8,10H,4-7H2,1-3H3. The molecule has 6 heteroatoms. The van der Waals surface area contributed by atoms with E-state index >= 15 is 0 Å². The number of hydrogen-bond donors (Lipinski definition) is 1. The summed E-state index contributed by atoms with van der Waals surface area (Å²) in [5, 5.41) is 14.9. The molecule has 0 fully saturated rings. The van der Waals surface area contributed by atoms with E-state index in [-0.39, 0.29) is 6.04 Å². The van der Waals surface area contributed by atoms with Gasteiger partial charge in [-0.3, -0.25) is 0 Å². The average molecular weight is 213 g/mol. The Kier molecular flexibility index (Phi) is 5.20. The van der Waals surface area contributed by atoms with Crippen LogP contribution >= 0.6 is 0 Å². The van der Waals surface area contributed by atoms with Crippen LogP contribution in [0.3, 0.4) is 0 Å². The van der Waals surface area contributed by atoms with Crippen LogP contribution in [0.4, 0.5) is 0 Å². The van der Waals surface area contributed by atoms with Gasteiger partial charge in [-0.15, -0.1) is 5.10 Å². The third-order valence-electron chi connectivity index (χ3n) is 2.15. The van der Waals surface area contributed by atoms with Crippen LogP contribution in [0, 0.1) is 0 Å². The second kappa shape index (κ2) is 6.47. The molecule has 1 aromatic rings. The fraction of sp³-hybridized carbons (Fsp3) is 0.889. The summed E-state index contributed by atoms with van der Waals surface area (Å²) in [5.74, 6) is 0.862. The molecule has 1 rings (SSSR count). The van der Waals surface area contributed by atoms with Gasteiger partial charge in [0.15, 0.2) is 5.82 Å². The van der Waals surface area contributed by atoms with Crippen molar-refractivity contribution < 1.29 is 4.74 Å². The molecule has 0 bridgehead atoms. The second-order valence-corrected chi connectivity index (χ2v) is 3.43. The van der Waals surface area contributed by atoms with Crippen molar-refractivity contribution in [3.63, 3.8) is 0 Å². The molecule has 1 N–H and O–H groups in total. The van der Waals surface area contributed by atoms with E-state index in [1.165, 1.54) is 0 Å². The highest BCUT2D eigenvalue weighted by atomic mass is 16.5. The Morgan fingerprint density at radius 3 is 3.00 bits per heavy atom. The first-order valence-electron chi connectivity index (χ1n) is 5.28. The number of nitrogens with zero attached hydrogens (tertiary/aromatic N) is 4. The molecule has 15 heavy (non-hydrogen) atoms. The van der Waals surface area contributed by atoms with Gasteiger partial charge in [0.1, 0.15) is 0 Å². The molecule has 0 aliphatic rings. The summed E-state index contributed by atoms with van der Waals surface area (Å²) in [6, 6.07) is 0.178. The summed E-state index contributed by atoms with van der Waals surface area (Å²) in [4.78, 5) is 0. The zero-order chi connectivity index (χ0) is 11.1. The smallest absolute Gasteiger partial charge is 0.168 e. The van der Waals surface area contributed by atoms with E-state index in [0.29, 0.717) is 13.2 Å². The molecule has 1 aromatic heterocycles. The fourth-order valence-corrected chi connectivity index (χ4v) is 1.31. The zero-order valence-corrected chi connectivity index (χ0v) is 9.60. The number of ether oxygens (including phenoxy) is 1. The Balaban J connectivity index is 2.54. The Labute approximate surface area is 90.0 Å². The van der Waals surface area contributed by atoms with Gasteiger partial charge >= 0.3 is 0 Å². The number of nitrogens with one attached hydrogen (secondary N) is 1. The lowest BCUT2D eigenvalue weighted by atomic mass is 10.3. The number of methoxy groups -OCH3 is 1. The van der Waals surface area contributed by atoms with E-state index in [1.54, 1.807) is 11.8 Å². The zero-order valence-electron chi connectivity index (χ0n) is 9.60. The van der Waals surface area contributed by atoms with Crippen molar-refractivity contribution >= 4 is 0 Å². The molecule has 0 spiro atoms. The molecule has 0 aliphatic carbocycles. The fourth-order valence-electron chi connectivity index (χ4n) is 1.31. The summed E-state index contributed by atoms with van der Waals surface area (Å²) < 4.78 is 6.77. The number of rotatable bonds is 7. The predicted octanol–water partition coefficient (Wildman–Crippen LogP) is 0.380. The minimum atomic E-state index is 0.178. The van der Waals surface area contributed by atoms with Gasteiger partial charge in [0.25, 0.3) is 0 Å². The molecular formula is C9H19N5O. The highest BCUT2D eigenvalue weighted by molar-refractivity contribution is 4.89. The van der Waals surface area contributed by atoms with E-state index in [0.717, 1.165) is 18.8 Å². The predicted molar refractivity (Wildman–Crippen MR) is 56.4 cm³/mol. The van der Waals surface area contributed by atoms with Crippen LogP contribution in [0.15, 0.2) is 0 Å². The summed E-state index contributed by atoms with van der Waals surface area (Å²) in [7, 11) is 1.67. The van der Waals surface area contributed by atoms with Crippen LogP contribution in [0.1, 0.15) is 32.1 Å². The quantitative estimate of drug-likeness (QED) is 0.709. The Hall–Kier alpha value is -1.01. The van der Waals surface area contributed by atoms with Crippen molar-refractivity contribution in [1.29, 1.82) is 0 Å². The van der Waals surface area contributed by atoms with Gasteiger partial charge in [0.2, 0.25) is 0 Å². The van der Waals surface area contributed by atoms with Crippen molar-refractivity contribution in [3.05, 3.63) is 5.82 Å². The summed E-state index contributed by atoms with van der Waals surface area (Å²) in [5.41, 5.74) is 0. The van der Waals surface area contributed by atoms with Crippen LogP contribution in [0.25, 0.3) is 0 Å². The molecule has 0 aromatic carbocycles. The lowest BCUT2D eigenvalue weighted by Gasteiger charge is -2.12. The molecule has 0 amide bonds. The first-order chi connectivity index (χ1) is 7.29. The Morgan fingerprint density at radius 1 is 1.53 bits per heavy atom. The molecule has 0 saturated carbocycles. The van der Waals surface area contributed by atoms with E-state index in [1.807, 2.05) is 0 Å². The Morgan fingerprint density at radius 2 is 2.33 bits per heavy atom. The number of hydrogen-bond acceptors (Lipinski definition) is 5. The molecule has 86 valence electrons. The van der Waals surface area contributed by atoms with Gasteiger partial charge < -0.3 is 10.1 Å². The minimum Gasteiger partial charge on any atom is -0.383 e. The largest absolute Gasteiger partial charge is 0.383 e. The summed E-state index contributed by atoms with van der Waals surface area (Å²) in [6.07, 6.45) is 1.10. The van der Waals surface area contributed by atoms with Crippen molar-refractivity contribution in [2.45, 2.75) is 32.9 Å². The molecular weight excluding hydrogens is 194 g/mol. The van der Waals surface area contributed by atoms with Crippen LogP contribution in [0.2, 0.25) is 0 Å². The molecule has 0 aliphatic heterocycles. The maximum atomic E-state index is 4.99. The van der Waals surface area contributed by atoms with E-state index in [9.17, 15) is 0 Å². The first-order valence-corrected chi connectivity index (χ1v) is 5.28. The van der Waals surface area contributed by atoms with Crippen molar-refractivity contribution in [1.82, 2.24) is 25.5 Å². The normalized spacial score (nSPS) is 13.0. The third kappa shape index (κ3) is 3.56. The molecule has 1 unspecified atom stereocenters. The van der Waals surface area contributed by atoms with Gasteiger partial charge in [-0.25, -0.2) is 4.68 Å². The van der Waals surface area contributed by atoms with Gasteiger partial charge in [-0.1, -0.05) is 6.92 Å². The van der Waals surface area contributed by atoms with Gasteiger partial charge in [0.05, 0.1) is 19.2 Å². The maximum Gasteiger partial charge on any atom is 0.168 e. The molecule has 1 heterocycles. The topological polar surface area (TPSA) is 64.9 Å². The van der Waals surface area contributed by atoms with Crippen LogP contribution in [0.5, 0.6) is 0 Å².